The molecule has 1 aromatic heterocycles. The molecule has 0 bridgehead atoms. The third-order valence-electron chi connectivity index (χ3n) is 2.13. The second kappa shape index (κ2) is 5.89. The van der Waals surface area contributed by atoms with Gasteiger partial charge in [-0.25, -0.2) is 0 Å². The van der Waals surface area contributed by atoms with Gasteiger partial charge in [-0.1, -0.05) is 5.16 Å². The van der Waals surface area contributed by atoms with Gasteiger partial charge in [-0.05, 0) is 6.92 Å². The van der Waals surface area contributed by atoms with Crippen LogP contribution in [-0.4, -0.2) is 42.1 Å². The molecule has 0 aliphatic carbocycles. The van der Waals surface area contributed by atoms with Crippen molar-refractivity contribution in [2.45, 2.75) is 13.3 Å². The van der Waals surface area contributed by atoms with Gasteiger partial charge in [-0.3, -0.25) is 9.59 Å². The van der Waals surface area contributed by atoms with Crippen molar-refractivity contribution in [3.8, 4) is 0 Å². The van der Waals surface area contributed by atoms with Gasteiger partial charge in [-0.2, -0.15) is 0 Å². The molecule has 0 unspecified atom stereocenters. The van der Waals surface area contributed by atoms with E-state index in [0.717, 1.165) is 0 Å². The third-order valence-corrected chi connectivity index (χ3v) is 2.13. The molecule has 0 spiro atoms. The molecule has 0 atom stereocenters. The van der Waals surface area contributed by atoms with Crippen molar-refractivity contribution < 1.29 is 18.8 Å². The predicted octanol–water partition coefficient (Wildman–Crippen LogP) is 0.700. The third kappa shape index (κ3) is 3.08. The van der Waals surface area contributed by atoms with Crippen molar-refractivity contribution in [3.05, 3.63) is 18.0 Å². The van der Waals surface area contributed by atoms with Gasteiger partial charge in [0.25, 0.3) is 5.91 Å². The van der Waals surface area contributed by atoms with Gasteiger partial charge < -0.3 is 14.2 Å². The first-order chi connectivity index (χ1) is 7.69. The molecule has 0 aliphatic rings. The number of esters is 1. The summed E-state index contributed by atoms with van der Waals surface area (Å²) in [5, 5.41) is 3.46. The minimum absolute atomic E-state index is 0.171. The molecular formula is C10H14N2O4. The standard InChI is InChI=1S/C10H14N2O4/c1-3-12(7-5-9(13)15-2)10(14)8-4-6-11-16-8/h4,6H,3,5,7H2,1-2H3. The fourth-order valence-corrected chi connectivity index (χ4v) is 1.21. The highest BCUT2D eigenvalue weighted by molar-refractivity contribution is 5.91. The second-order valence-corrected chi connectivity index (χ2v) is 3.09. The van der Waals surface area contributed by atoms with E-state index in [-0.39, 0.29) is 24.1 Å². The summed E-state index contributed by atoms with van der Waals surface area (Å²) in [6.07, 6.45) is 1.57. The molecule has 6 nitrogen and oxygen atoms in total. The molecule has 0 fully saturated rings. The van der Waals surface area contributed by atoms with Crippen LogP contribution in [-0.2, 0) is 9.53 Å². The normalized spacial score (nSPS) is 9.88. The summed E-state index contributed by atoms with van der Waals surface area (Å²) in [6.45, 7) is 2.63. The van der Waals surface area contributed by atoms with E-state index in [1.165, 1.54) is 24.3 Å². The van der Waals surface area contributed by atoms with E-state index in [0.29, 0.717) is 13.1 Å². The zero-order valence-corrected chi connectivity index (χ0v) is 9.30. The first kappa shape index (κ1) is 12.2. The number of aromatic nitrogens is 1. The van der Waals surface area contributed by atoms with Gasteiger partial charge in [0.05, 0.1) is 19.7 Å². The van der Waals surface area contributed by atoms with Crippen molar-refractivity contribution in [2.24, 2.45) is 0 Å². The smallest absolute Gasteiger partial charge is 0.307 e. The molecule has 1 heterocycles. The molecule has 6 heteroatoms. The van der Waals surface area contributed by atoms with Crippen LogP contribution >= 0.6 is 0 Å². The van der Waals surface area contributed by atoms with E-state index < -0.39 is 0 Å². The highest BCUT2D eigenvalue weighted by Crippen LogP contribution is 2.04. The van der Waals surface area contributed by atoms with Gasteiger partial charge in [0.1, 0.15) is 0 Å². The number of hydrogen-bond donors (Lipinski definition) is 0. The van der Waals surface area contributed by atoms with Crippen molar-refractivity contribution in [1.82, 2.24) is 10.1 Å². The lowest BCUT2D eigenvalue weighted by atomic mass is 10.3. The molecule has 1 rings (SSSR count). The van der Waals surface area contributed by atoms with E-state index in [1.807, 2.05) is 6.92 Å². The average molecular weight is 226 g/mol. The molecule has 0 radical (unpaired) electrons. The van der Waals surface area contributed by atoms with Crippen LogP contribution in [0.2, 0.25) is 0 Å². The van der Waals surface area contributed by atoms with Crippen molar-refractivity contribution in [2.75, 3.05) is 20.2 Å². The summed E-state index contributed by atoms with van der Waals surface area (Å²) < 4.78 is 9.26. The van der Waals surface area contributed by atoms with Crippen LogP contribution in [0.1, 0.15) is 23.9 Å². The number of carbonyl (C=O) groups is 2. The van der Waals surface area contributed by atoms with E-state index in [9.17, 15) is 9.59 Å². The van der Waals surface area contributed by atoms with Crippen LogP contribution in [0, 0.1) is 0 Å². The van der Waals surface area contributed by atoms with Gasteiger partial charge in [0.2, 0.25) is 5.76 Å². The Morgan fingerprint density at radius 2 is 2.31 bits per heavy atom. The van der Waals surface area contributed by atoms with Gasteiger partial charge in [-0.15, -0.1) is 0 Å². The maximum atomic E-state index is 11.8. The number of amides is 1. The summed E-state index contributed by atoms with van der Waals surface area (Å²) in [4.78, 5) is 24.2. The highest BCUT2D eigenvalue weighted by Gasteiger charge is 2.18. The Kier molecular flexibility index (Phi) is 4.50. The Balaban J connectivity index is 2.54. The molecule has 88 valence electrons. The van der Waals surface area contributed by atoms with Crippen molar-refractivity contribution in [1.29, 1.82) is 0 Å². The van der Waals surface area contributed by atoms with Crippen LogP contribution in [0.25, 0.3) is 0 Å². The topological polar surface area (TPSA) is 72.6 Å². The first-order valence-corrected chi connectivity index (χ1v) is 4.95. The summed E-state index contributed by atoms with van der Waals surface area (Å²) in [5.74, 6) is -0.445. The summed E-state index contributed by atoms with van der Waals surface area (Å²) in [6, 6.07) is 1.49. The van der Waals surface area contributed by atoms with Gasteiger partial charge in [0, 0.05) is 19.2 Å². The zero-order chi connectivity index (χ0) is 12.0. The fraction of sp³-hybridized carbons (Fsp3) is 0.500. The fourth-order valence-electron chi connectivity index (χ4n) is 1.21. The molecule has 16 heavy (non-hydrogen) atoms. The van der Waals surface area contributed by atoms with Crippen molar-refractivity contribution in [3.63, 3.8) is 0 Å². The molecule has 1 amide bonds. The van der Waals surface area contributed by atoms with Gasteiger partial charge in [0.15, 0.2) is 0 Å². The maximum absolute atomic E-state index is 11.8. The maximum Gasteiger partial charge on any atom is 0.307 e. The zero-order valence-electron chi connectivity index (χ0n) is 9.30. The number of ether oxygens (including phenoxy) is 1. The summed E-state index contributed by atoms with van der Waals surface area (Å²) in [7, 11) is 1.32. The Morgan fingerprint density at radius 1 is 1.56 bits per heavy atom. The van der Waals surface area contributed by atoms with Crippen LogP contribution < -0.4 is 0 Å². The number of hydrogen-bond acceptors (Lipinski definition) is 5. The minimum atomic E-state index is -0.344. The van der Waals surface area contributed by atoms with E-state index >= 15 is 0 Å². The van der Waals surface area contributed by atoms with E-state index in [1.54, 1.807) is 0 Å². The van der Waals surface area contributed by atoms with Crippen molar-refractivity contribution >= 4 is 11.9 Å². The minimum Gasteiger partial charge on any atom is -0.469 e. The number of carbonyl (C=O) groups excluding carboxylic acids is 2. The average Bonchev–Trinajstić information content (AvgIpc) is 2.82. The predicted molar refractivity (Wildman–Crippen MR) is 54.7 cm³/mol. The van der Waals surface area contributed by atoms with Crippen LogP contribution in [0.5, 0.6) is 0 Å². The lowest BCUT2D eigenvalue weighted by Gasteiger charge is -2.18. The van der Waals surface area contributed by atoms with Gasteiger partial charge >= 0.3 is 5.97 Å². The second-order valence-electron chi connectivity index (χ2n) is 3.09. The summed E-state index contributed by atoms with van der Waals surface area (Å²) in [5.41, 5.74) is 0. The molecule has 0 aromatic carbocycles. The van der Waals surface area contributed by atoms with Crippen LogP contribution in [0.3, 0.4) is 0 Å². The highest BCUT2D eigenvalue weighted by atomic mass is 16.5. The number of rotatable bonds is 5. The molecular weight excluding hydrogens is 212 g/mol. The molecule has 0 aliphatic heterocycles. The SMILES string of the molecule is CCN(CCC(=O)OC)C(=O)c1ccno1. The Morgan fingerprint density at radius 3 is 2.81 bits per heavy atom. The van der Waals surface area contributed by atoms with E-state index in [2.05, 4.69) is 9.89 Å². The van der Waals surface area contributed by atoms with Crippen LogP contribution in [0.4, 0.5) is 0 Å². The Bertz CT molecular complexity index is 348. The molecule has 0 N–H and O–H groups in total. The Labute approximate surface area is 93.1 Å². The van der Waals surface area contributed by atoms with Crippen LogP contribution in [0.15, 0.2) is 16.8 Å². The molecule has 0 saturated heterocycles. The monoisotopic (exact) mass is 226 g/mol. The largest absolute Gasteiger partial charge is 0.469 e. The molecule has 1 aromatic rings. The first-order valence-electron chi connectivity index (χ1n) is 4.95. The molecule has 0 saturated carbocycles. The number of methoxy groups -OCH3 is 1. The lowest BCUT2D eigenvalue weighted by Crippen LogP contribution is -2.32. The quantitative estimate of drug-likeness (QED) is 0.691. The van der Waals surface area contributed by atoms with E-state index in [4.69, 9.17) is 4.52 Å². The summed E-state index contributed by atoms with van der Waals surface area (Å²) >= 11 is 0. The number of nitrogens with zero attached hydrogens (tertiary/aromatic N) is 2. The Hall–Kier alpha value is -1.85. The lowest BCUT2D eigenvalue weighted by molar-refractivity contribution is -0.140.